The number of nitrogens with zero attached hydrogens (tertiary/aromatic N) is 3. The van der Waals surface area contributed by atoms with E-state index in [1.807, 2.05) is 17.0 Å². The van der Waals surface area contributed by atoms with E-state index in [1.165, 1.54) is 36.0 Å². The smallest absolute Gasteiger partial charge is 0.294 e. The zero-order chi connectivity index (χ0) is 26.3. The standard InChI is InChI=1S/C22H23N3O8S3/c1-14-20(21(26)25(23-14)15-5-8-17(9-6-15)36(30,31)32)22-24(11-3-4-12-35(27,28)29)18-13-16(33-2)7-10-19(18)34-22/h5-10,13H,3-4,11-12H2,1-2H3,(H,27,28,29)(H,30,31,32)/b22-20+. The van der Waals surface area contributed by atoms with E-state index in [9.17, 15) is 26.2 Å². The van der Waals surface area contributed by atoms with Gasteiger partial charge >= 0.3 is 0 Å². The number of benzene rings is 2. The van der Waals surface area contributed by atoms with Crippen molar-refractivity contribution < 1.29 is 35.5 Å². The second kappa shape index (κ2) is 9.86. The first-order valence-electron chi connectivity index (χ1n) is 10.7. The molecule has 0 unspecified atom stereocenters. The number of thioether (sulfide) groups is 1. The third-order valence-electron chi connectivity index (χ3n) is 5.55. The fourth-order valence-electron chi connectivity index (χ4n) is 3.84. The molecule has 1 amide bonds. The number of hydrazone groups is 1. The molecule has 11 nitrogen and oxygen atoms in total. The molecule has 192 valence electrons. The molecular formula is C22H23N3O8S3. The van der Waals surface area contributed by atoms with Crippen LogP contribution in [-0.2, 0) is 25.0 Å². The second-order valence-corrected chi connectivity index (χ2v) is 12.1. The third-order valence-corrected chi connectivity index (χ3v) is 8.41. The number of rotatable bonds is 8. The van der Waals surface area contributed by atoms with Gasteiger partial charge in [-0.3, -0.25) is 13.9 Å². The lowest BCUT2D eigenvalue weighted by Crippen LogP contribution is -2.27. The summed E-state index contributed by atoms with van der Waals surface area (Å²) >= 11 is 1.38. The first-order chi connectivity index (χ1) is 16.9. The molecule has 2 aromatic rings. The van der Waals surface area contributed by atoms with Crippen molar-refractivity contribution >= 4 is 55.0 Å². The Hall–Kier alpha value is -2.91. The Kier molecular flexibility index (Phi) is 7.16. The van der Waals surface area contributed by atoms with Crippen LogP contribution in [0.1, 0.15) is 19.8 Å². The fraction of sp³-hybridized carbons (Fsp3) is 0.273. The van der Waals surface area contributed by atoms with E-state index in [2.05, 4.69) is 5.10 Å². The van der Waals surface area contributed by atoms with Crippen molar-refractivity contribution in [3.05, 3.63) is 53.1 Å². The quantitative estimate of drug-likeness (QED) is 0.283. The van der Waals surface area contributed by atoms with Crippen LogP contribution < -0.4 is 14.6 Å². The molecule has 4 rings (SSSR count). The average molecular weight is 554 g/mol. The van der Waals surface area contributed by atoms with E-state index in [4.69, 9.17) is 9.29 Å². The summed E-state index contributed by atoms with van der Waals surface area (Å²) in [6, 6.07) is 10.6. The van der Waals surface area contributed by atoms with E-state index in [1.54, 1.807) is 20.1 Å². The van der Waals surface area contributed by atoms with Crippen molar-refractivity contribution in [1.29, 1.82) is 0 Å². The monoisotopic (exact) mass is 553 g/mol. The Labute approximate surface area is 212 Å². The van der Waals surface area contributed by atoms with Crippen molar-refractivity contribution in [2.75, 3.05) is 29.3 Å². The molecule has 0 saturated heterocycles. The van der Waals surface area contributed by atoms with Crippen molar-refractivity contribution in [2.24, 2.45) is 5.10 Å². The summed E-state index contributed by atoms with van der Waals surface area (Å²) in [6.07, 6.45) is 0.661. The second-order valence-electron chi connectivity index (χ2n) is 8.03. The van der Waals surface area contributed by atoms with Crippen LogP contribution in [0.4, 0.5) is 11.4 Å². The Balaban J connectivity index is 1.68. The fourth-order valence-corrected chi connectivity index (χ4v) is 6.14. The van der Waals surface area contributed by atoms with Crippen molar-refractivity contribution in [2.45, 2.75) is 29.6 Å². The van der Waals surface area contributed by atoms with Gasteiger partial charge in [0.05, 0.1) is 45.4 Å². The number of amides is 1. The number of methoxy groups -OCH3 is 1. The summed E-state index contributed by atoms with van der Waals surface area (Å²) in [5.41, 5.74) is 1.92. The molecule has 2 aliphatic heterocycles. The molecule has 0 saturated carbocycles. The number of carbonyl (C=O) groups excluding carboxylic acids is 1. The molecule has 0 aliphatic carbocycles. The van der Waals surface area contributed by atoms with E-state index in [0.29, 0.717) is 40.7 Å². The molecule has 2 aromatic carbocycles. The van der Waals surface area contributed by atoms with Crippen LogP contribution in [0, 0.1) is 0 Å². The molecule has 2 heterocycles. The Morgan fingerprint density at radius 1 is 1.03 bits per heavy atom. The molecular weight excluding hydrogens is 530 g/mol. The zero-order valence-corrected chi connectivity index (χ0v) is 21.7. The highest BCUT2D eigenvalue weighted by Gasteiger charge is 2.37. The predicted octanol–water partition coefficient (Wildman–Crippen LogP) is 3.16. The minimum absolute atomic E-state index is 0.231. The SMILES string of the molecule is COc1ccc2c(c1)N(CCCCS(=O)(=O)O)/C(=C1\C(=O)N(c3ccc(S(=O)(=O)O)cc3)N=C1C)S2. The topological polar surface area (TPSA) is 154 Å². The molecule has 2 aliphatic rings. The van der Waals surface area contributed by atoms with Crippen molar-refractivity contribution in [3.63, 3.8) is 0 Å². The van der Waals surface area contributed by atoms with Gasteiger partial charge in [-0.15, -0.1) is 0 Å². The summed E-state index contributed by atoms with van der Waals surface area (Å²) in [7, 11) is -6.91. The summed E-state index contributed by atoms with van der Waals surface area (Å²) in [6.45, 7) is 2.07. The number of hydrogen-bond donors (Lipinski definition) is 2. The molecule has 36 heavy (non-hydrogen) atoms. The van der Waals surface area contributed by atoms with Crippen molar-refractivity contribution in [1.82, 2.24) is 0 Å². The first kappa shape index (κ1) is 26.2. The van der Waals surface area contributed by atoms with Gasteiger partial charge in [0.15, 0.2) is 0 Å². The Morgan fingerprint density at radius 3 is 2.33 bits per heavy atom. The third kappa shape index (κ3) is 5.42. The maximum atomic E-state index is 13.5. The van der Waals surface area contributed by atoms with Gasteiger partial charge in [-0.05, 0) is 56.2 Å². The van der Waals surface area contributed by atoms with Gasteiger partial charge < -0.3 is 9.64 Å². The molecule has 0 spiro atoms. The van der Waals surface area contributed by atoms with Gasteiger partial charge in [0.25, 0.3) is 26.1 Å². The average Bonchev–Trinajstić information content (AvgIpc) is 3.30. The summed E-state index contributed by atoms with van der Waals surface area (Å²) < 4.78 is 68.5. The van der Waals surface area contributed by atoms with Crippen LogP contribution in [0.15, 0.2) is 68.0 Å². The molecule has 0 aromatic heterocycles. The number of carbonyl (C=O) groups is 1. The van der Waals surface area contributed by atoms with Crippen LogP contribution in [0.5, 0.6) is 5.75 Å². The first-order valence-corrected chi connectivity index (χ1v) is 14.6. The van der Waals surface area contributed by atoms with Crippen LogP contribution in [-0.4, -0.2) is 57.0 Å². The molecule has 2 N–H and O–H groups in total. The highest BCUT2D eigenvalue weighted by atomic mass is 32.2. The molecule has 0 fully saturated rings. The highest BCUT2D eigenvalue weighted by Crippen LogP contribution is 2.49. The van der Waals surface area contributed by atoms with Crippen LogP contribution in [0.2, 0.25) is 0 Å². The maximum Gasteiger partial charge on any atom is 0.294 e. The van der Waals surface area contributed by atoms with E-state index in [-0.39, 0.29) is 17.1 Å². The van der Waals surface area contributed by atoms with Gasteiger partial charge in [0.2, 0.25) is 0 Å². The molecule has 0 bridgehead atoms. The van der Waals surface area contributed by atoms with Gasteiger partial charge in [-0.25, -0.2) is 0 Å². The summed E-state index contributed by atoms with van der Waals surface area (Å²) in [4.78, 5) is 16.0. The number of fused-ring (bicyclic) bond motifs is 1. The van der Waals surface area contributed by atoms with E-state index >= 15 is 0 Å². The minimum atomic E-state index is -4.38. The van der Waals surface area contributed by atoms with Crippen LogP contribution in [0.3, 0.4) is 0 Å². The van der Waals surface area contributed by atoms with Gasteiger partial charge in [0.1, 0.15) is 5.75 Å². The van der Waals surface area contributed by atoms with Gasteiger partial charge in [0, 0.05) is 17.5 Å². The summed E-state index contributed by atoms with van der Waals surface area (Å²) in [5.74, 6) is -0.165. The number of hydrogen-bond acceptors (Lipinski definition) is 9. The number of anilines is 2. The van der Waals surface area contributed by atoms with Gasteiger partial charge in [-0.2, -0.15) is 26.9 Å². The van der Waals surface area contributed by atoms with Crippen LogP contribution >= 0.6 is 11.8 Å². The van der Waals surface area contributed by atoms with Crippen molar-refractivity contribution in [3.8, 4) is 5.75 Å². The molecule has 14 heteroatoms. The Morgan fingerprint density at radius 2 is 1.72 bits per heavy atom. The lowest BCUT2D eigenvalue weighted by atomic mass is 10.1. The zero-order valence-electron chi connectivity index (χ0n) is 19.3. The maximum absolute atomic E-state index is 13.5. The number of ether oxygens (including phenoxy) is 1. The minimum Gasteiger partial charge on any atom is -0.497 e. The summed E-state index contributed by atoms with van der Waals surface area (Å²) in [5, 5.41) is 6.15. The van der Waals surface area contributed by atoms with Gasteiger partial charge in [-0.1, -0.05) is 11.8 Å². The lowest BCUT2D eigenvalue weighted by Gasteiger charge is -2.22. The lowest BCUT2D eigenvalue weighted by molar-refractivity contribution is -0.114. The number of unbranched alkanes of at least 4 members (excludes halogenated alkanes) is 1. The largest absolute Gasteiger partial charge is 0.497 e. The van der Waals surface area contributed by atoms with Crippen LogP contribution in [0.25, 0.3) is 0 Å². The highest BCUT2D eigenvalue weighted by molar-refractivity contribution is 8.03. The normalized spacial score (nSPS) is 18.0. The van der Waals surface area contributed by atoms with E-state index in [0.717, 1.165) is 15.6 Å². The Bertz CT molecular complexity index is 1480. The predicted molar refractivity (Wildman–Crippen MR) is 136 cm³/mol. The molecule has 0 atom stereocenters. The van der Waals surface area contributed by atoms with E-state index < -0.39 is 26.1 Å². The molecule has 0 radical (unpaired) electrons.